The maximum absolute atomic E-state index is 13.7. The number of rotatable bonds is 8. The molecule has 1 aliphatic rings. The van der Waals surface area contributed by atoms with E-state index in [9.17, 15) is 13.2 Å². The molecular weight excluding hydrogens is 536 g/mol. The molecule has 37 heavy (non-hydrogen) atoms. The molecule has 1 saturated heterocycles. The van der Waals surface area contributed by atoms with Crippen LogP contribution in [0.2, 0.25) is 5.02 Å². The van der Waals surface area contributed by atoms with Crippen molar-refractivity contribution in [2.75, 3.05) is 52.3 Å². The minimum atomic E-state index is -3.71. The minimum Gasteiger partial charge on any atom is -0.494 e. The fourth-order valence-corrected chi connectivity index (χ4v) is 7.08. The summed E-state index contributed by atoms with van der Waals surface area (Å²) in [6, 6.07) is 9.55. The second-order valence-corrected chi connectivity index (χ2v) is 12.6. The molecule has 1 aromatic heterocycles. The van der Waals surface area contributed by atoms with Gasteiger partial charge in [0, 0.05) is 31.7 Å². The molecule has 0 bridgehead atoms. The Bertz CT molecular complexity index is 1370. The lowest BCUT2D eigenvalue weighted by atomic mass is 10.2. The first kappa shape index (κ1) is 27.7. The molecular formula is C25H31ClN4O5S2. The molecule has 200 valence electrons. The average Bonchev–Trinajstić information content (AvgIpc) is 3.29. The molecule has 0 aliphatic carbocycles. The number of likely N-dealkylation sites (N-methyl/N-ethyl adjacent to an activating group) is 1. The Morgan fingerprint density at radius 3 is 2.38 bits per heavy atom. The van der Waals surface area contributed by atoms with Crippen molar-refractivity contribution in [2.45, 2.75) is 31.0 Å². The summed E-state index contributed by atoms with van der Waals surface area (Å²) in [5.74, 6) is 0.289. The third-order valence-electron chi connectivity index (χ3n) is 6.04. The van der Waals surface area contributed by atoms with Crippen LogP contribution >= 0.6 is 22.9 Å². The van der Waals surface area contributed by atoms with Crippen molar-refractivity contribution in [1.29, 1.82) is 0 Å². The topological polar surface area (TPSA) is 92.3 Å². The second-order valence-electron chi connectivity index (χ2n) is 9.29. The number of halogens is 1. The van der Waals surface area contributed by atoms with E-state index in [0.29, 0.717) is 40.1 Å². The number of sulfonamides is 1. The molecule has 2 heterocycles. The van der Waals surface area contributed by atoms with Crippen molar-refractivity contribution in [2.24, 2.45) is 0 Å². The highest BCUT2D eigenvalue weighted by molar-refractivity contribution is 7.89. The van der Waals surface area contributed by atoms with Crippen molar-refractivity contribution in [3.63, 3.8) is 0 Å². The molecule has 0 radical (unpaired) electrons. The zero-order chi connectivity index (χ0) is 26.9. The Morgan fingerprint density at radius 2 is 1.78 bits per heavy atom. The van der Waals surface area contributed by atoms with E-state index in [-0.39, 0.29) is 36.1 Å². The number of hydrogen-bond donors (Lipinski definition) is 0. The Kier molecular flexibility index (Phi) is 8.41. The van der Waals surface area contributed by atoms with Crippen LogP contribution in [0, 0.1) is 0 Å². The number of morpholine rings is 1. The number of carbonyl (C=O) groups excluding carboxylic acids is 1. The lowest BCUT2D eigenvalue weighted by Crippen LogP contribution is -2.48. The van der Waals surface area contributed by atoms with Gasteiger partial charge in [-0.05, 0) is 64.3 Å². The van der Waals surface area contributed by atoms with Crippen LogP contribution in [-0.2, 0) is 14.8 Å². The molecule has 1 amide bonds. The molecule has 12 heteroatoms. The molecule has 4 rings (SSSR count). The van der Waals surface area contributed by atoms with Crippen molar-refractivity contribution in [1.82, 2.24) is 14.2 Å². The molecule has 0 N–H and O–H groups in total. The third-order valence-corrected chi connectivity index (χ3v) is 9.42. The zero-order valence-corrected chi connectivity index (χ0v) is 23.9. The second kappa shape index (κ2) is 11.2. The van der Waals surface area contributed by atoms with Gasteiger partial charge in [0.15, 0.2) is 5.13 Å². The number of hydrogen-bond acceptors (Lipinski definition) is 8. The number of benzene rings is 2. The first-order chi connectivity index (χ1) is 17.5. The predicted octanol–water partition coefficient (Wildman–Crippen LogP) is 3.96. The summed E-state index contributed by atoms with van der Waals surface area (Å²) < 4.78 is 39.7. The number of anilines is 1. The van der Waals surface area contributed by atoms with Gasteiger partial charge < -0.3 is 14.4 Å². The number of carbonyl (C=O) groups is 1. The van der Waals surface area contributed by atoms with Crippen molar-refractivity contribution < 1.29 is 22.7 Å². The van der Waals surface area contributed by atoms with Crippen LogP contribution in [0.15, 0.2) is 41.3 Å². The highest BCUT2D eigenvalue weighted by Crippen LogP contribution is 2.39. The van der Waals surface area contributed by atoms with Gasteiger partial charge in [0.1, 0.15) is 11.3 Å². The smallest absolute Gasteiger partial charge is 0.260 e. The van der Waals surface area contributed by atoms with Gasteiger partial charge >= 0.3 is 0 Å². The Morgan fingerprint density at radius 1 is 1.14 bits per heavy atom. The Hall–Kier alpha value is -2.28. The molecule has 3 aromatic rings. The van der Waals surface area contributed by atoms with E-state index in [1.54, 1.807) is 36.3 Å². The Labute approximate surface area is 226 Å². The average molecular weight is 567 g/mol. The monoisotopic (exact) mass is 566 g/mol. The van der Waals surface area contributed by atoms with Crippen LogP contribution in [0.25, 0.3) is 10.2 Å². The summed E-state index contributed by atoms with van der Waals surface area (Å²) in [6.45, 7) is 5.27. The highest BCUT2D eigenvalue weighted by atomic mass is 35.5. The molecule has 2 aromatic carbocycles. The van der Waals surface area contributed by atoms with Gasteiger partial charge in [0.25, 0.3) is 5.91 Å². The van der Waals surface area contributed by atoms with Gasteiger partial charge in [-0.3, -0.25) is 9.69 Å². The quantitative estimate of drug-likeness (QED) is 0.407. The zero-order valence-electron chi connectivity index (χ0n) is 21.5. The fourth-order valence-electron chi connectivity index (χ4n) is 4.21. The fraction of sp³-hybridized carbons (Fsp3) is 0.440. The van der Waals surface area contributed by atoms with Crippen LogP contribution < -0.4 is 9.64 Å². The summed E-state index contributed by atoms with van der Waals surface area (Å²) in [7, 11) is 1.70. The van der Waals surface area contributed by atoms with E-state index in [0.717, 1.165) is 4.70 Å². The number of thiazole rings is 1. The summed E-state index contributed by atoms with van der Waals surface area (Å²) in [5, 5.41) is 1.02. The first-order valence-electron chi connectivity index (χ1n) is 11.9. The standard InChI is InChI=1S/C25H31ClN4O5S2/c1-16-14-29(15-17(2)35-16)37(32,33)19-8-6-18(7-9-19)24(31)30(13-12-28(3)4)25-27-22-21(34-5)11-10-20(26)23(22)36-25/h6-11,16-17H,12-15H2,1-5H3. The molecule has 0 saturated carbocycles. The van der Waals surface area contributed by atoms with Crippen molar-refractivity contribution in [3.8, 4) is 5.75 Å². The normalized spacial score (nSPS) is 18.9. The van der Waals surface area contributed by atoms with Crippen molar-refractivity contribution >= 4 is 54.2 Å². The summed E-state index contributed by atoms with van der Waals surface area (Å²) in [4.78, 5) is 22.0. The summed E-state index contributed by atoms with van der Waals surface area (Å²) in [5.41, 5.74) is 0.951. The van der Waals surface area contributed by atoms with Crippen molar-refractivity contribution in [3.05, 3.63) is 47.0 Å². The van der Waals surface area contributed by atoms with E-state index in [4.69, 9.17) is 21.1 Å². The van der Waals surface area contributed by atoms with Crippen LogP contribution in [-0.4, -0.2) is 88.1 Å². The van der Waals surface area contributed by atoms with Gasteiger partial charge in [0.2, 0.25) is 10.0 Å². The van der Waals surface area contributed by atoms with Gasteiger partial charge in [0.05, 0.1) is 33.9 Å². The number of methoxy groups -OCH3 is 1. The summed E-state index contributed by atoms with van der Waals surface area (Å²) in [6.07, 6.45) is -0.379. The maximum Gasteiger partial charge on any atom is 0.260 e. The van der Waals surface area contributed by atoms with Crippen LogP contribution in [0.5, 0.6) is 5.75 Å². The largest absolute Gasteiger partial charge is 0.494 e. The lowest BCUT2D eigenvalue weighted by molar-refractivity contribution is -0.0440. The maximum atomic E-state index is 13.7. The molecule has 1 aliphatic heterocycles. The number of fused-ring (bicyclic) bond motifs is 1. The summed E-state index contributed by atoms with van der Waals surface area (Å²) >= 11 is 7.72. The van der Waals surface area contributed by atoms with E-state index in [1.165, 1.54) is 27.8 Å². The molecule has 9 nitrogen and oxygen atoms in total. The SMILES string of the molecule is COc1ccc(Cl)c2sc(N(CCN(C)C)C(=O)c3ccc(S(=O)(=O)N4CC(C)OC(C)C4)cc3)nc12. The molecule has 1 fully saturated rings. The van der Waals surface area contributed by atoms with Crippen LogP contribution in [0.3, 0.4) is 0 Å². The van der Waals surface area contributed by atoms with E-state index >= 15 is 0 Å². The van der Waals surface area contributed by atoms with Gasteiger partial charge in [-0.1, -0.05) is 22.9 Å². The van der Waals surface area contributed by atoms with Crippen LogP contribution in [0.1, 0.15) is 24.2 Å². The van der Waals surface area contributed by atoms with Crippen LogP contribution in [0.4, 0.5) is 5.13 Å². The van der Waals surface area contributed by atoms with Gasteiger partial charge in [-0.15, -0.1) is 0 Å². The number of aromatic nitrogens is 1. The number of ether oxygens (including phenoxy) is 2. The van der Waals surface area contributed by atoms with E-state index in [2.05, 4.69) is 4.98 Å². The molecule has 0 spiro atoms. The van der Waals surface area contributed by atoms with Gasteiger partial charge in [-0.2, -0.15) is 4.31 Å². The van der Waals surface area contributed by atoms with Gasteiger partial charge in [-0.25, -0.2) is 13.4 Å². The van der Waals surface area contributed by atoms with E-state index < -0.39 is 10.0 Å². The minimum absolute atomic E-state index is 0.140. The first-order valence-corrected chi connectivity index (χ1v) is 14.5. The number of amides is 1. The predicted molar refractivity (Wildman–Crippen MR) is 147 cm³/mol. The molecule has 2 unspecified atom stereocenters. The Balaban J connectivity index is 1.64. The lowest BCUT2D eigenvalue weighted by Gasteiger charge is -2.34. The molecule has 2 atom stereocenters. The highest BCUT2D eigenvalue weighted by Gasteiger charge is 2.32. The third kappa shape index (κ3) is 5.92. The van der Waals surface area contributed by atoms with E-state index in [1.807, 2.05) is 32.8 Å². The number of nitrogens with zero attached hydrogens (tertiary/aromatic N) is 4.